The monoisotopic (exact) mass is 422 g/mol. The van der Waals surface area contributed by atoms with Crippen LogP contribution in [0.25, 0.3) is 5.82 Å². The number of hydrogen-bond acceptors (Lipinski definition) is 9. The molecule has 11 heteroatoms. The Hall–Kier alpha value is -3.89. The molecule has 1 saturated heterocycles. The van der Waals surface area contributed by atoms with Crippen molar-refractivity contribution in [1.82, 2.24) is 29.6 Å². The molecule has 1 amide bonds. The van der Waals surface area contributed by atoms with E-state index in [1.807, 2.05) is 36.9 Å². The minimum absolute atomic E-state index is 0.0758. The van der Waals surface area contributed by atoms with Gasteiger partial charge in [0.05, 0.1) is 0 Å². The lowest BCUT2D eigenvalue weighted by Crippen LogP contribution is -2.58. The summed E-state index contributed by atoms with van der Waals surface area (Å²) in [6.07, 6.45) is 1.48. The number of rotatable bonds is 4. The molecule has 1 fully saturated rings. The molecule has 0 aliphatic carbocycles. The number of piperazine rings is 1. The third-order valence-corrected chi connectivity index (χ3v) is 5.26. The molecule has 3 heterocycles. The van der Waals surface area contributed by atoms with Crippen LogP contribution in [0.5, 0.6) is 0 Å². The number of hydrogen-bond donors (Lipinski definition) is 3. The molecule has 3 aromatic rings. The van der Waals surface area contributed by atoms with Crippen molar-refractivity contribution in [3.05, 3.63) is 36.7 Å². The average molecular weight is 422 g/mol. The van der Waals surface area contributed by atoms with Crippen LogP contribution in [0.1, 0.15) is 20.8 Å². The van der Waals surface area contributed by atoms with Gasteiger partial charge >= 0.3 is 0 Å². The number of amides is 1. The van der Waals surface area contributed by atoms with Gasteiger partial charge in [-0.05, 0) is 38.1 Å². The number of nitrogens with two attached hydrogens (primary N) is 2. The molecule has 0 bridgehead atoms. The Kier molecular flexibility index (Phi) is 5.32. The zero-order valence-electron chi connectivity index (χ0n) is 17.7. The Morgan fingerprint density at radius 1 is 1.06 bits per heavy atom. The summed E-state index contributed by atoms with van der Waals surface area (Å²) in [5.74, 6) is 1.88. The highest BCUT2D eigenvalue weighted by Crippen LogP contribution is 2.23. The fourth-order valence-corrected chi connectivity index (χ4v) is 4.00. The molecule has 31 heavy (non-hydrogen) atoms. The van der Waals surface area contributed by atoms with Gasteiger partial charge in [-0.15, -0.1) is 5.10 Å². The van der Waals surface area contributed by atoms with Gasteiger partial charge in [0.15, 0.2) is 5.82 Å². The smallest absolute Gasteiger partial charge is 0.248 e. The molecule has 5 N–H and O–H groups in total. The number of nitrogen functional groups attached to an aromatic ring is 2. The third kappa shape index (κ3) is 4.20. The van der Waals surface area contributed by atoms with Crippen LogP contribution in [0.2, 0.25) is 0 Å². The van der Waals surface area contributed by atoms with Gasteiger partial charge in [-0.3, -0.25) is 4.79 Å². The second-order valence-electron chi connectivity index (χ2n) is 7.72. The Morgan fingerprint density at radius 3 is 2.35 bits per heavy atom. The summed E-state index contributed by atoms with van der Waals surface area (Å²) in [4.78, 5) is 29.0. The summed E-state index contributed by atoms with van der Waals surface area (Å²) in [5.41, 5.74) is 13.3. The van der Waals surface area contributed by atoms with Gasteiger partial charge in [-0.25, -0.2) is 9.97 Å². The minimum atomic E-state index is 0.0758. The van der Waals surface area contributed by atoms with E-state index in [2.05, 4.69) is 30.3 Å². The minimum Gasteiger partial charge on any atom is -0.399 e. The number of nitrogens with one attached hydrogen (secondary N) is 1. The number of benzene rings is 1. The lowest BCUT2D eigenvalue weighted by atomic mass is 10.1. The number of anilines is 5. The Balaban J connectivity index is 1.55. The van der Waals surface area contributed by atoms with Crippen molar-refractivity contribution in [2.24, 2.45) is 0 Å². The lowest BCUT2D eigenvalue weighted by molar-refractivity contribution is -0.133. The molecule has 1 aromatic carbocycles. The molecule has 1 aliphatic rings. The zero-order chi connectivity index (χ0) is 22.1. The van der Waals surface area contributed by atoms with Crippen LogP contribution in [-0.2, 0) is 4.79 Å². The average Bonchev–Trinajstić information content (AvgIpc) is 3.09. The van der Waals surface area contributed by atoms with Gasteiger partial charge in [0.1, 0.15) is 12.1 Å². The van der Waals surface area contributed by atoms with Crippen molar-refractivity contribution in [1.29, 1.82) is 0 Å². The van der Waals surface area contributed by atoms with Crippen molar-refractivity contribution >= 4 is 35.0 Å². The second kappa shape index (κ2) is 8.09. The predicted molar refractivity (Wildman–Crippen MR) is 119 cm³/mol. The van der Waals surface area contributed by atoms with Gasteiger partial charge in [0.2, 0.25) is 17.8 Å². The molecule has 0 unspecified atom stereocenters. The molecule has 2 atom stereocenters. The standard InChI is InChI=1S/C20H26N10O/c1-12-9-28(10-13(2)29(12)14(3)31)17-8-18(24-11-23-17)30-19(22)26-20(27-30)25-16-6-4-15(21)5-7-16/h4-8,11-13H,9-10,21H2,1-3H3,(H3,22,25,26,27)/t12-,13+. The first-order valence-corrected chi connectivity index (χ1v) is 10.0. The Bertz CT molecular complexity index is 1070. The molecule has 0 spiro atoms. The van der Waals surface area contributed by atoms with Crippen LogP contribution in [-0.4, -0.2) is 60.7 Å². The van der Waals surface area contributed by atoms with Crippen LogP contribution in [0.3, 0.4) is 0 Å². The fourth-order valence-electron chi connectivity index (χ4n) is 4.00. The van der Waals surface area contributed by atoms with Gasteiger partial charge in [0.25, 0.3) is 0 Å². The molecule has 4 rings (SSSR count). The molecule has 162 valence electrons. The molecule has 0 radical (unpaired) electrons. The molecular formula is C20H26N10O. The van der Waals surface area contributed by atoms with Crippen molar-refractivity contribution in [3.63, 3.8) is 0 Å². The number of aromatic nitrogens is 5. The predicted octanol–water partition coefficient (Wildman–Crippen LogP) is 1.41. The third-order valence-electron chi connectivity index (χ3n) is 5.26. The summed E-state index contributed by atoms with van der Waals surface area (Å²) in [7, 11) is 0. The van der Waals surface area contributed by atoms with Gasteiger partial charge in [-0.2, -0.15) is 9.67 Å². The second-order valence-corrected chi connectivity index (χ2v) is 7.72. The molecule has 1 aliphatic heterocycles. The number of carbonyl (C=O) groups is 1. The molecule has 0 saturated carbocycles. The van der Waals surface area contributed by atoms with Crippen molar-refractivity contribution in [2.75, 3.05) is 34.8 Å². The van der Waals surface area contributed by atoms with Gasteiger partial charge in [0, 0.05) is 49.5 Å². The maximum absolute atomic E-state index is 11.9. The number of carbonyl (C=O) groups excluding carboxylic acids is 1. The molecule has 2 aromatic heterocycles. The van der Waals surface area contributed by atoms with Crippen molar-refractivity contribution in [2.45, 2.75) is 32.9 Å². The first kappa shape index (κ1) is 20.4. The summed E-state index contributed by atoms with van der Waals surface area (Å²) in [6, 6.07) is 9.20. The van der Waals surface area contributed by atoms with E-state index < -0.39 is 0 Å². The van der Waals surface area contributed by atoms with E-state index >= 15 is 0 Å². The van der Waals surface area contributed by atoms with E-state index in [0.717, 1.165) is 11.5 Å². The van der Waals surface area contributed by atoms with Crippen LogP contribution < -0.4 is 21.7 Å². The zero-order valence-corrected chi connectivity index (χ0v) is 17.7. The first-order chi connectivity index (χ1) is 14.8. The first-order valence-electron chi connectivity index (χ1n) is 10.0. The maximum atomic E-state index is 11.9. The fraction of sp³-hybridized carbons (Fsp3) is 0.350. The van der Waals surface area contributed by atoms with E-state index in [4.69, 9.17) is 11.5 Å². The highest BCUT2D eigenvalue weighted by molar-refractivity contribution is 5.74. The van der Waals surface area contributed by atoms with E-state index in [1.54, 1.807) is 19.1 Å². The Morgan fingerprint density at radius 2 is 1.71 bits per heavy atom. The molecule has 11 nitrogen and oxygen atoms in total. The number of nitrogens with zero attached hydrogens (tertiary/aromatic N) is 7. The summed E-state index contributed by atoms with van der Waals surface area (Å²) >= 11 is 0. The SMILES string of the molecule is CC(=O)N1[C@H](C)CN(c2cc(-n3nc(Nc4ccc(N)cc4)nc3N)ncn2)C[C@@H]1C. The van der Waals surface area contributed by atoms with Crippen LogP contribution >= 0.6 is 0 Å². The van der Waals surface area contributed by atoms with Crippen LogP contribution in [0.4, 0.5) is 29.1 Å². The topological polar surface area (TPSA) is 144 Å². The van der Waals surface area contributed by atoms with E-state index in [0.29, 0.717) is 30.5 Å². The van der Waals surface area contributed by atoms with Gasteiger partial charge < -0.3 is 26.6 Å². The normalized spacial score (nSPS) is 18.8. The van der Waals surface area contributed by atoms with Crippen LogP contribution in [0, 0.1) is 0 Å². The highest BCUT2D eigenvalue weighted by Gasteiger charge is 2.31. The summed E-state index contributed by atoms with van der Waals surface area (Å²) in [5, 5.41) is 7.52. The van der Waals surface area contributed by atoms with Gasteiger partial charge in [-0.1, -0.05) is 0 Å². The largest absolute Gasteiger partial charge is 0.399 e. The van der Waals surface area contributed by atoms with Crippen molar-refractivity contribution in [3.8, 4) is 5.82 Å². The molecular weight excluding hydrogens is 396 g/mol. The maximum Gasteiger partial charge on any atom is 0.248 e. The quantitative estimate of drug-likeness (QED) is 0.531. The Labute approximate surface area is 180 Å². The lowest BCUT2D eigenvalue weighted by Gasteiger charge is -2.44. The highest BCUT2D eigenvalue weighted by atomic mass is 16.2. The van der Waals surface area contributed by atoms with E-state index in [1.165, 1.54) is 11.0 Å². The van der Waals surface area contributed by atoms with E-state index in [-0.39, 0.29) is 23.9 Å². The summed E-state index contributed by atoms with van der Waals surface area (Å²) in [6.45, 7) is 7.04. The van der Waals surface area contributed by atoms with E-state index in [9.17, 15) is 4.79 Å². The van der Waals surface area contributed by atoms with Crippen molar-refractivity contribution < 1.29 is 4.79 Å². The summed E-state index contributed by atoms with van der Waals surface area (Å²) < 4.78 is 1.46. The van der Waals surface area contributed by atoms with Crippen LogP contribution in [0.15, 0.2) is 36.7 Å².